The number of para-hydroxylation sites is 1. The van der Waals surface area contributed by atoms with Gasteiger partial charge < -0.3 is 15.7 Å². The van der Waals surface area contributed by atoms with Crippen molar-refractivity contribution in [1.82, 2.24) is 5.32 Å². The summed E-state index contributed by atoms with van der Waals surface area (Å²) in [4.78, 5) is 11.5. The van der Waals surface area contributed by atoms with Gasteiger partial charge in [-0.1, -0.05) is 18.2 Å². The Kier molecular flexibility index (Phi) is 3.98. The standard InChI is InChI=1S/C13H18N2O2/c16-12(10-6-7-10)8-9-14-13(17)15-11-4-2-1-3-5-11/h1-5,10,12,16H,6-9H2,(H2,14,15,17)/t12-/m1/s1. The number of carbonyl (C=O) groups excluding carboxylic acids is 1. The second kappa shape index (κ2) is 5.68. The molecule has 4 heteroatoms. The zero-order chi connectivity index (χ0) is 12.1. The second-order valence-electron chi connectivity index (χ2n) is 4.44. The van der Waals surface area contributed by atoms with Crippen molar-refractivity contribution >= 4 is 11.7 Å². The van der Waals surface area contributed by atoms with E-state index in [-0.39, 0.29) is 12.1 Å². The molecule has 1 aliphatic rings. The summed E-state index contributed by atoms with van der Waals surface area (Å²) in [5.74, 6) is 0.467. The molecule has 1 aromatic carbocycles. The van der Waals surface area contributed by atoms with Crippen LogP contribution in [0.1, 0.15) is 19.3 Å². The molecule has 0 bridgehead atoms. The summed E-state index contributed by atoms with van der Waals surface area (Å²) in [5.41, 5.74) is 0.771. The van der Waals surface area contributed by atoms with Crippen LogP contribution in [-0.4, -0.2) is 23.8 Å². The fourth-order valence-corrected chi connectivity index (χ4v) is 1.75. The topological polar surface area (TPSA) is 61.4 Å². The van der Waals surface area contributed by atoms with Crippen molar-refractivity contribution in [3.63, 3.8) is 0 Å². The Morgan fingerprint density at radius 3 is 2.71 bits per heavy atom. The van der Waals surface area contributed by atoms with E-state index in [2.05, 4.69) is 10.6 Å². The van der Waals surface area contributed by atoms with Crippen LogP contribution in [0.2, 0.25) is 0 Å². The van der Waals surface area contributed by atoms with Gasteiger partial charge in [-0.05, 0) is 37.3 Å². The van der Waals surface area contributed by atoms with Crippen LogP contribution in [0, 0.1) is 5.92 Å². The zero-order valence-corrected chi connectivity index (χ0v) is 9.73. The van der Waals surface area contributed by atoms with E-state index in [9.17, 15) is 9.90 Å². The Morgan fingerprint density at radius 1 is 1.35 bits per heavy atom. The molecule has 1 aromatic rings. The largest absolute Gasteiger partial charge is 0.393 e. The quantitative estimate of drug-likeness (QED) is 0.729. The molecule has 0 aliphatic heterocycles. The van der Waals surface area contributed by atoms with Gasteiger partial charge in [0.1, 0.15) is 0 Å². The highest BCUT2D eigenvalue weighted by Gasteiger charge is 2.29. The van der Waals surface area contributed by atoms with Crippen LogP contribution < -0.4 is 10.6 Å². The molecule has 2 amide bonds. The fraction of sp³-hybridized carbons (Fsp3) is 0.462. The average molecular weight is 234 g/mol. The summed E-state index contributed by atoms with van der Waals surface area (Å²) in [6.45, 7) is 0.510. The van der Waals surface area contributed by atoms with Gasteiger partial charge in [0.05, 0.1) is 6.10 Å². The third kappa shape index (κ3) is 4.07. The molecule has 1 aliphatic carbocycles. The number of carbonyl (C=O) groups is 1. The van der Waals surface area contributed by atoms with Gasteiger partial charge in [0.15, 0.2) is 0 Å². The summed E-state index contributed by atoms with van der Waals surface area (Å²) < 4.78 is 0. The number of nitrogens with one attached hydrogen (secondary N) is 2. The van der Waals surface area contributed by atoms with Crippen molar-refractivity contribution in [1.29, 1.82) is 0 Å². The van der Waals surface area contributed by atoms with Gasteiger partial charge in [-0.3, -0.25) is 0 Å². The van der Waals surface area contributed by atoms with Crippen LogP contribution in [0.3, 0.4) is 0 Å². The average Bonchev–Trinajstić information content (AvgIpc) is 3.14. The normalized spacial score (nSPS) is 16.3. The smallest absolute Gasteiger partial charge is 0.319 e. The molecule has 2 rings (SSSR count). The highest BCUT2D eigenvalue weighted by atomic mass is 16.3. The van der Waals surface area contributed by atoms with Gasteiger partial charge in [-0.15, -0.1) is 0 Å². The van der Waals surface area contributed by atoms with Gasteiger partial charge >= 0.3 is 6.03 Å². The monoisotopic (exact) mass is 234 g/mol. The van der Waals surface area contributed by atoms with Crippen molar-refractivity contribution in [2.45, 2.75) is 25.4 Å². The molecular formula is C13H18N2O2. The van der Waals surface area contributed by atoms with Crippen LogP contribution in [0.5, 0.6) is 0 Å². The van der Waals surface area contributed by atoms with E-state index in [0.717, 1.165) is 18.5 Å². The molecule has 0 spiro atoms. The summed E-state index contributed by atoms with van der Waals surface area (Å²) >= 11 is 0. The Morgan fingerprint density at radius 2 is 2.06 bits per heavy atom. The highest BCUT2D eigenvalue weighted by molar-refractivity contribution is 5.89. The van der Waals surface area contributed by atoms with Crippen molar-refractivity contribution in [2.75, 3.05) is 11.9 Å². The number of hydrogen-bond donors (Lipinski definition) is 3. The number of anilines is 1. The predicted molar refractivity (Wildman–Crippen MR) is 66.8 cm³/mol. The Balaban J connectivity index is 1.64. The van der Waals surface area contributed by atoms with Gasteiger partial charge in [0.25, 0.3) is 0 Å². The van der Waals surface area contributed by atoms with E-state index in [4.69, 9.17) is 0 Å². The van der Waals surface area contributed by atoms with Crippen LogP contribution >= 0.6 is 0 Å². The summed E-state index contributed by atoms with van der Waals surface area (Å²) in [5, 5.41) is 15.1. The van der Waals surface area contributed by atoms with Gasteiger partial charge in [-0.25, -0.2) is 4.79 Å². The number of urea groups is 1. The lowest BCUT2D eigenvalue weighted by molar-refractivity contribution is 0.142. The molecule has 3 N–H and O–H groups in total. The lowest BCUT2D eigenvalue weighted by Gasteiger charge is -2.10. The van der Waals surface area contributed by atoms with E-state index in [1.807, 2.05) is 30.3 Å². The summed E-state index contributed by atoms with van der Waals surface area (Å²) in [6.07, 6.45) is 2.62. The summed E-state index contributed by atoms with van der Waals surface area (Å²) in [7, 11) is 0. The number of rotatable bonds is 5. The molecule has 0 saturated heterocycles. The number of benzene rings is 1. The SMILES string of the molecule is O=C(NCC[C@@H](O)C1CC1)Nc1ccccc1. The zero-order valence-electron chi connectivity index (χ0n) is 9.73. The molecule has 1 atom stereocenters. The minimum absolute atomic E-state index is 0.223. The molecule has 0 unspecified atom stereocenters. The van der Waals surface area contributed by atoms with Crippen LogP contribution in [0.15, 0.2) is 30.3 Å². The van der Waals surface area contributed by atoms with Crippen LogP contribution in [0.4, 0.5) is 10.5 Å². The van der Waals surface area contributed by atoms with Crippen molar-refractivity contribution in [3.05, 3.63) is 30.3 Å². The number of aliphatic hydroxyl groups excluding tert-OH is 1. The minimum atomic E-state index is -0.257. The lowest BCUT2D eigenvalue weighted by atomic mass is 10.2. The van der Waals surface area contributed by atoms with Crippen LogP contribution in [-0.2, 0) is 0 Å². The third-order valence-electron chi connectivity index (χ3n) is 2.92. The van der Waals surface area contributed by atoms with E-state index >= 15 is 0 Å². The van der Waals surface area contributed by atoms with Gasteiger partial charge in [0.2, 0.25) is 0 Å². The van der Waals surface area contributed by atoms with Crippen molar-refractivity contribution in [3.8, 4) is 0 Å². The first-order valence-corrected chi connectivity index (χ1v) is 6.03. The molecular weight excluding hydrogens is 216 g/mol. The van der Waals surface area contributed by atoms with E-state index in [1.54, 1.807) is 0 Å². The second-order valence-corrected chi connectivity index (χ2v) is 4.44. The first kappa shape index (κ1) is 11.9. The number of aliphatic hydroxyl groups is 1. The molecule has 92 valence electrons. The Bertz CT molecular complexity index is 363. The van der Waals surface area contributed by atoms with Crippen molar-refractivity contribution < 1.29 is 9.90 Å². The van der Waals surface area contributed by atoms with Gasteiger partial charge in [-0.2, -0.15) is 0 Å². The van der Waals surface area contributed by atoms with E-state index < -0.39 is 0 Å². The first-order chi connectivity index (χ1) is 8.25. The molecule has 4 nitrogen and oxygen atoms in total. The molecule has 1 saturated carbocycles. The fourth-order valence-electron chi connectivity index (χ4n) is 1.75. The minimum Gasteiger partial charge on any atom is -0.393 e. The number of hydrogen-bond acceptors (Lipinski definition) is 2. The third-order valence-corrected chi connectivity index (χ3v) is 2.92. The van der Waals surface area contributed by atoms with E-state index in [0.29, 0.717) is 18.9 Å². The maximum absolute atomic E-state index is 11.5. The molecule has 1 fully saturated rings. The number of amides is 2. The van der Waals surface area contributed by atoms with Crippen LogP contribution in [0.25, 0.3) is 0 Å². The first-order valence-electron chi connectivity index (χ1n) is 6.03. The Hall–Kier alpha value is -1.55. The molecule has 17 heavy (non-hydrogen) atoms. The maximum Gasteiger partial charge on any atom is 0.319 e. The van der Waals surface area contributed by atoms with Gasteiger partial charge in [0, 0.05) is 12.2 Å². The molecule has 0 radical (unpaired) electrons. The molecule has 0 aromatic heterocycles. The lowest BCUT2D eigenvalue weighted by Crippen LogP contribution is -2.31. The maximum atomic E-state index is 11.5. The Labute approximate surface area is 101 Å². The van der Waals surface area contributed by atoms with E-state index in [1.165, 1.54) is 0 Å². The van der Waals surface area contributed by atoms with Crippen molar-refractivity contribution in [2.24, 2.45) is 5.92 Å². The molecule has 0 heterocycles. The predicted octanol–water partition coefficient (Wildman–Crippen LogP) is 1.97. The highest BCUT2D eigenvalue weighted by Crippen LogP contribution is 2.33. The summed E-state index contributed by atoms with van der Waals surface area (Å²) in [6, 6.07) is 9.07.